The number of aryl methyl sites for hydroxylation is 3. The Morgan fingerprint density at radius 3 is 2.31 bits per heavy atom. The first-order chi connectivity index (χ1) is 13.5. The highest BCUT2D eigenvalue weighted by molar-refractivity contribution is 5.95. The molecule has 0 bridgehead atoms. The standard InChI is InChI=1S/C21H20F3N3O2/c1-11-7-5-6-8-15(11)26-19(28)14(4)27-17-10-13(3)12(2)9-16(17)25-18(20(27)29)21(22,23)24/h5-10,14H,1-4H3,(H,26,28)/t14-/m1/s1. The summed E-state index contributed by atoms with van der Waals surface area (Å²) in [6.45, 7) is 6.71. The van der Waals surface area contributed by atoms with E-state index in [2.05, 4.69) is 10.3 Å². The van der Waals surface area contributed by atoms with Crippen molar-refractivity contribution in [2.24, 2.45) is 0 Å². The largest absolute Gasteiger partial charge is 0.438 e. The highest BCUT2D eigenvalue weighted by Crippen LogP contribution is 2.28. The smallest absolute Gasteiger partial charge is 0.324 e. The quantitative estimate of drug-likeness (QED) is 0.698. The molecule has 0 saturated carbocycles. The number of hydrogen-bond acceptors (Lipinski definition) is 3. The van der Waals surface area contributed by atoms with Crippen LogP contribution in [0.2, 0.25) is 0 Å². The molecule has 1 N–H and O–H groups in total. The molecule has 8 heteroatoms. The van der Waals surface area contributed by atoms with E-state index < -0.39 is 29.4 Å². The number of nitrogens with zero attached hydrogens (tertiary/aromatic N) is 2. The summed E-state index contributed by atoms with van der Waals surface area (Å²) >= 11 is 0. The Morgan fingerprint density at radius 1 is 1.07 bits per heavy atom. The molecule has 1 heterocycles. The first-order valence-corrected chi connectivity index (χ1v) is 8.98. The van der Waals surface area contributed by atoms with Crippen LogP contribution in [-0.2, 0) is 11.0 Å². The lowest BCUT2D eigenvalue weighted by Crippen LogP contribution is -2.36. The number of alkyl halides is 3. The van der Waals surface area contributed by atoms with Gasteiger partial charge in [-0.05, 0) is 62.6 Å². The van der Waals surface area contributed by atoms with Crippen molar-refractivity contribution in [3.8, 4) is 0 Å². The van der Waals surface area contributed by atoms with Crippen LogP contribution in [0.4, 0.5) is 18.9 Å². The van der Waals surface area contributed by atoms with Gasteiger partial charge in [0.25, 0.3) is 5.56 Å². The van der Waals surface area contributed by atoms with Crippen molar-refractivity contribution in [3.05, 3.63) is 69.1 Å². The maximum absolute atomic E-state index is 13.4. The fourth-order valence-corrected chi connectivity index (χ4v) is 3.10. The van der Waals surface area contributed by atoms with Gasteiger partial charge in [0.1, 0.15) is 6.04 Å². The van der Waals surface area contributed by atoms with Gasteiger partial charge in [-0.15, -0.1) is 0 Å². The fraction of sp³-hybridized carbons (Fsp3) is 0.286. The molecule has 2 aromatic carbocycles. The summed E-state index contributed by atoms with van der Waals surface area (Å²) in [6, 6.07) is 8.89. The van der Waals surface area contributed by atoms with Gasteiger partial charge in [-0.2, -0.15) is 13.2 Å². The number of amides is 1. The molecule has 0 aliphatic carbocycles. The van der Waals surface area contributed by atoms with E-state index in [1.54, 1.807) is 51.1 Å². The van der Waals surface area contributed by atoms with E-state index in [1.165, 1.54) is 13.0 Å². The van der Waals surface area contributed by atoms with Gasteiger partial charge in [-0.3, -0.25) is 14.2 Å². The van der Waals surface area contributed by atoms with Crippen molar-refractivity contribution in [1.29, 1.82) is 0 Å². The minimum absolute atomic E-state index is 0.00978. The number of fused-ring (bicyclic) bond motifs is 1. The average molecular weight is 403 g/mol. The second kappa shape index (κ2) is 7.35. The molecule has 0 unspecified atom stereocenters. The Balaban J connectivity index is 2.19. The van der Waals surface area contributed by atoms with Crippen LogP contribution in [0.1, 0.15) is 35.3 Å². The van der Waals surface area contributed by atoms with Crippen molar-refractivity contribution in [2.45, 2.75) is 39.9 Å². The average Bonchev–Trinajstić information content (AvgIpc) is 2.63. The summed E-state index contributed by atoms with van der Waals surface area (Å²) in [6.07, 6.45) is -4.93. The van der Waals surface area contributed by atoms with Gasteiger partial charge in [-0.1, -0.05) is 18.2 Å². The van der Waals surface area contributed by atoms with Crippen molar-refractivity contribution < 1.29 is 18.0 Å². The molecule has 0 aliphatic rings. The number of para-hydroxylation sites is 1. The van der Waals surface area contributed by atoms with Crippen LogP contribution in [0, 0.1) is 20.8 Å². The van der Waals surface area contributed by atoms with Gasteiger partial charge in [0.15, 0.2) is 0 Å². The number of anilines is 1. The SMILES string of the molecule is Cc1cc2nc(C(F)(F)F)c(=O)n([C@H](C)C(=O)Nc3ccccc3C)c2cc1C. The van der Waals surface area contributed by atoms with Crippen molar-refractivity contribution in [3.63, 3.8) is 0 Å². The number of rotatable bonds is 3. The van der Waals surface area contributed by atoms with Crippen LogP contribution >= 0.6 is 0 Å². The Hall–Kier alpha value is -3.16. The van der Waals surface area contributed by atoms with Gasteiger partial charge in [0.05, 0.1) is 11.0 Å². The Kier molecular flexibility index (Phi) is 5.21. The molecular formula is C21H20F3N3O2. The van der Waals surface area contributed by atoms with E-state index in [9.17, 15) is 22.8 Å². The minimum Gasteiger partial charge on any atom is -0.324 e. The zero-order chi connectivity index (χ0) is 21.5. The first-order valence-electron chi connectivity index (χ1n) is 8.98. The number of carbonyl (C=O) groups is 1. The molecule has 0 radical (unpaired) electrons. The monoisotopic (exact) mass is 403 g/mol. The predicted octanol–water partition coefficient (Wildman–Crippen LogP) is 4.54. The van der Waals surface area contributed by atoms with E-state index in [1.807, 2.05) is 0 Å². The van der Waals surface area contributed by atoms with E-state index >= 15 is 0 Å². The van der Waals surface area contributed by atoms with Crippen LogP contribution in [0.5, 0.6) is 0 Å². The maximum atomic E-state index is 13.4. The predicted molar refractivity (Wildman–Crippen MR) is 105 cm³/mol. The minimum atomic E-state index is -4.93. The number of carbonyl (C=O) groups excluding carboxylic acids is 1. The molecule has 1 aromatic heterocycles. The Bertz CT molecular complexity index is 1170. The zero-order valence-electron chi connectivity index (χ0n) is 16.4. The molecule has 0 aliphatic heterocycles. The molecule has 152 valence electrons. The van der Waals surface area contributed by atoms with Gasteiger partial charge >= 0.3 is 6.18 Å². The van der Waals surface area contributed by atoms with Gasteiger partial charge in [-0.25, -0.2) is 4.98 Å². The third-order valence-electron chi connectivity index (χ3n) is 4.94. The van der Waals surface area contributed by atoms with Crippen molar-refractivity contribution in [2.75, 3.05) is 5.32 Å². The van der Waals surface area contributed by atoms with Gasteiger partial charge in [0, 0.05) is 5.69 Å². The first kappa shape index (κ1) is 20.6. The van der Waals surface area contributed by atoms with E-state index in [0.29, 0.717) is 5.69 Å². The number of benzene rings is 2. The van der Waals surface area contributed by atoms with Gasteiger partial charge < -0.3 is 5.32 Å². The van der Waals surface area contributed by atoms with Crippen LogP contribution in [-0.4, -0.2) is 15.5 Å². The number of hydrogen-bond donors (Lipinski definition) is 1. The summed E-state index contributed by atoms with van der Waals surface area (Å²) in [5, 5.41) is 2.68. The molecule has 1 atom stereocenters. The second-order valence-electron chi connectivity index (χ2n) is 7.04. The van der Waals surface area contributed by atoms with Crippen molar-refractivity contribution in [1.82, 2.24) is 9.55 Å². The lowest BCUT2D eigenvalue weighted by molar-refractivity contribution is -0.142. The van der Waals surface area contributed by atoms with E-state index in [-0.39, 0.29) is 11.0 Å². The second-order valence-corrected chi connectivity index (χ2v) is 7.04. The molecule has 3 rings (SSSR count). The van der Waals surface area contributed by atoms with Crippen LogP contribution in [0.25, 0.3) is 11.0 Å². The van der Waals surface area contributed by atoms with Gasteiger partial charge in [0.2, 0.25) is 11.6 Å². The van der Waals surface area contributed by atoms with E-state index in [0.717, 1.165) is 21.3 Å². The lowest BCUT2D eigenvalue weighted by atomic mass is 10.1. The molecule has 3 aromatic rings. The Morgan fingerprint density at radius 2 is 1.69 bits per heavy atom. The normalized spacial score (nSPS) is 12.8. The van der Waals surface area contributed by atoms with Crippen LogP contribution in [0.3, 0.4) is 0 Å². The molecule has 0 spiro atoms. The summed E-state index contributed by atoms with van der Waals surface area (Å²) in [5.74, 6) is -0.597. The Labute approximate surface area is 165 Å². The van der Waals surface area contributed by atoms with E-state index in [4.69, 9.17) is 0 Å². The molecule has 1 amide bonds. The summed E-state index contributed by atoms with van der Waals surface area (Å²) in [4.78, 5) is 29.1. The fourth-order valence-electron chi connectivity index (χ4n) is 3.10. The van der Waals surface area contributed by atoms with Crippen LogP contribution in [0.15, 0.2) is 41.2 Å². The van der Waals surface area contributed by atoms with Crippen molar-refractivity contribution >= 4 is 22.6 Å². The summed E-state index contributed by atoms with van der Waals surface area (Å²) in [7, 11) is 0. The maximum Gasteiger partial charge on any atom is 0.438 e. The summed E-state index contributed by atoms with van der Waals surface area (Å²) < 4.78 is 41.1. The third kappa shape index (κ3) is 3.87. The van der Waals surface area contributed by atoms with Crippen LogP contribution < -0.4 is 10.9 Å². The molecule has 0 saturated heterocycles. The zero-order valence-corrected chi connectivity index (χ0v) is 16.4. The molecular weight excluding hydrogens is 383 g/mol. The highest BCUT2D eigenvalue weighted by Gasteiger charge is 2.38. The number of halogens is 3. The third-order valence-corrected chi connectivity index (χ3v) is 4.94. The topological polar surface area (TPSA) is 64.0 Å². The number of aromatic nitrogens is 2. The summed E-state index contributed by atoms with van der Waals surface area (Å²) in [5.41, 5.74) is 0.138. The molecule has 5 nitrogen and oxygen atoms in total. The number of nitrogens with one attached hydrogen (secondary N) is 1. The molecule has 0 fully saturated rings. The molecule has 29 heavy (non-hydrogen) atoms. The lowest BCUT2D eigenvalue weighted by Gasteiger charge is -2.20. The highest BCUT2D eigenvalue weighted by atomic mass is 19.4.